The summed E-state index contributed by atoms with van der Waals surface area (Å²) in [4.78, 5) is 21.7. The number of unbranched alkanes of at least 4 members (excludes halogenated alkanes) is 19. The second-order valence-corrected chi connectivity index (χ2v) is 10.4. The van der Waals surface area contributed by atoms with Crippen LogP contribution in [-0.2, 0) is 14.3 Å². The summed E-state index contributed by atoms with van der Waals surface area (Å²) in [5, 5.41) is 8.75. The smallest absolute Gasteiger partial charge is 0.333 e. The number of rotatable bonds is 25. The van der Waals surface area contributed by atoms with Crippen LogP contribution in [0.5, 0.6) is 0 Å². The van der Waals surface area contributed by atoms with E-state index in [1.807, 2.05) is 13.0 Å². The van der Waals surface area contributed by atoms with Crippen molar-refractivity contribution in [2.24, 2.45) is 0 Å². The summed E-state index contributed by atoms with van der Waals surface area (Å²) >= 11 is 0. The number of carboxylic acids is 1. The van der Waals surface area contributed by atoms with Gasteiger partial charge in [-0.1, -0.05) is 149 Å². The molecular weight excluding hydrogens is 460 g/mol. The number of allylic oxidation sites excluding steroid dienone is 1. The highest BCUT2D eigenvalue weighted by Gasteiger charge is 2.04. The maximum absolute atomic E-state index is 11.1. The quantitative estimate of drug-likeness (QED) is 0.0735. The van der Waals surface area contributed by atoms with Crippen LogP contribution in [0, 0.1) is 0 Å². The number of esters is 1. The molecule has 0 saturated heterocycles. The molecular formula is C33H62O4. The van der Waals surface area contributed by atoms with Crippen molar-refractivity contribution in [3.05, 3.63) is 23.8 Å². The van der Waals surface area contributed by atoms with Crippen LogP contribution in [0.4, 0.5) is 0 Å². The fraction of sp³-hybridized carbons (Fsp3) is 0.818. The van der Waals surface area contributed by atoms with E-state index in [9.17, 15) is 9.59 Å². The van der Waals surface area contributed by atoms with Crippen LogP contribution in [0.2, 0.25) is 0 Å². The molecule has 0 radical (unpaired) electrons. The molecule has 0 aromatic carbocycles. The van der Waals surface area contributed by atoms with E-state index in [0.29, 0.717) is 24.2 Å². The zero-order valence-corrected chi connectivity index (χ0v) is 25.2. The molecule has 0 heterocycles. The van der Waals surface area contributed by atoms with Gasteiger partial charge in [0.2, 0.25) is 0 Å². The average Bonchev–Trinajstić information content (AvgIpc) is 2.89. The Kier molecular flexibility index (Phi) is 31.1. The van der Waals surface area contributed by atoms with Crippen molar-refractivity contribution in [1.82, 2.24) is 0 Å². The zero-order chi connectivity index (χ0) is 28.0. The molecule has 0 atom stereocenters. The Bertz CT molecular complexity index is 565. The lowest BCUT2D eigenvalue weighted by Gasteiger charge is -2.04. The Morgan fingerprint density at radius 3 is 1.41 bits per heavy atom. The van der Waals surface area contributed by atoms with Crippen LogP contribution in [0.1, 0.15) is 169 Å². The van der Waals surface area contributed by atoms with Crippen LogP contribution in [0.3, 0.4) is 0 Å². The Morgan fingerprint density at radius 1 is 0.649 bits per heavy atom. The molecule has 0 unspecified atom stereocenters. The third kappa shape index (κ3) is 30.5. The van der Waals surface area contributed by atoms with Crippen molar-refractivity contribution in [1.29, 1.82) is 0 Å². The first-order valence-corrected chi connectivity index (χ1v) is 15.7. The van der Waals surface area contributed by atoms with Gasteiger partial charge in [0.05, 0.1) is 6.61 Å². The number of carboxylic acid groups (broad SMARTS) is 1. The zero-order valence-electron chi connectivity index (χ0n) is 25.2. The van der Waals surface area contributed by atoms with Crippen LogP contribution >= 0.6 is 0 Å². The molecule has 0 aliphatic rings. The molecule has 0 aliphatic heterocycles. The molecule has 0 spiro atoms. The number of carbonyl (C=O) groups is 2. The fourth-order valence-corrected chi connectivity index (χ4v) is 4.04. The average molecular weight is 523 g/mol. The predicted molar refractivity (Wildman–Crippen MR) is 160 cm³/mol. The minimum atomic E-state index is -0.786. The molecule has 0 amide bonds. The van der Waals surface area contributed by atoms with Crippen LogP contribution in [0.15, 0.2) is 23.8 Å². The van der Waals surface area contributed by atoms with E-state index >= 15 is 0 Å². The first-order chi connectivity index (χ1) is 17.9. The molecule has 0 aliphatic carbocycles. The Hall–Kier alpha value is -1.58. The topological polar surface area (TPSA) is 63.6 Å². The van der Waals surface area contributed by atoms with Crippen LogP contribution in [0.25, 0.3) is 0 Å². The number of carbonyl (C=O) groups excluding carboxylic acids is 1. The highest BCUT2D eigenvalue weighted by atomic mass is 16.5. The second kappa shape index (κ2) is 30.6. The minimum absolute atomic E-state index is 0.237. The van der Waals surface area contributed by atoms with Crippen molar-refractivity contribution >= 4 is 11.9 Å². The lowest BCUT2D eigenvalue weighted by atomic mass is 10.0. The van der Waals surface area contributed by atoms with E-state index in [1.54, 1.807) is 6.92 Å². The molecule has 4 heteroatoms. The van der Waals surface area contributed by atoms with Gasteiger partial charge in [0.15, 0.2) is 0 Å². The summed E-state index contributed by atoms with van der Waals surface area (Å²) in [6.07, 6.45) is 30.0. The van der Waals surface area contributed by atoms with Gasteiger partial charge < -0.3 is 9.84 Å². The largest absolute Gasteiger partial charge is 0.478 e. The third-order valence-electron chi connectivity index (χ3n) is 6.79. The van der Waals surface area contributed by atoms with Gasteiger partial charge >= 0.3 is 11.9 Å². The predicted octanol–water partition coefficient (Wildman–Crippen LogP) is 10.7. The van der Waals surface area contributed by atoms with Gasteiger partial charge in [0.1, 0.15) is 0 Å². The van der Waals surface area contributed by atoms with Gasteiger partial charge in [-0.25, -0.2) is 9.59 Å². The number of hydrogen-bond acceptors (Lipinski definition) is 3. The SMILES string of the molecule is C=C(CC)C(=O)OCCCCCC.CCCCCCCCCCCCCCCCCCC=C(C)C(=O)O. The number of aliphatic carboxylic acids is 1. The number of hydrogen-bond donors (Lipinski definition) is 1. The monoisotopic (exact) mass is 522 g/mol. The lowest BCUT2D eigenvalue weighted by Crippen LogP contribution is -2.07. The van der Waals surface area contributed by atoms with Gasteiger partial charge in [0.25, 0.3) is 0 Å². The molecule has 0 aromatic heterocycles. The first-order valence-electron chi connectivity index (χ1n) is 15.7. The normalized spacial score (nSPS) is 11.1. The maximum Gasteiger partial charge on any atom is 0.333 e. The van der Waals surface area contributed by atoms with E-state index in [-0.39, 0.29) is 5.97 Å². The molecule has 1 N–H and O–H groups in total. The molecule has 4 nitrogen and oxygen atoms in total. The summed E-state index contributed by atoms with van der Waals surface area (Å²) in [5.74, 6) is -1.02. The van der Waals surface area contributed by atoms with E-state index in [0.717, 1.165) is 25.7 Å². The summed E-state index contributed by atoms with van der Waals surface area (Å²) in [6.45, 7) is 12.2. The van der Waals surface area contributed by atoms with Gasteiger partial charge in [0, 0.05) is 11.1 Å². The summed E-state index contributed by atoms with van der Waals surface area (Å²) in [7, 11) is 0. The van der Waals surface area contributed by atoms with E-state index in [1.165, 1.54) is 109 Å². The molecule has 0 fully saturated rings. The highest BCUT2D eigenvalue weighted by Crippen LogP contribution is 2.14. The Morgan fingerprint density at radius 2 is 1.03 bits per heavy atom. The molecule has 0 saturated carbocycles. The molecule has 0 rings (SSSR count). The Labute approximate surface area is 230 Å². The van der Waals surface area contributed by atoms with Gasteiger partial charge in [-0.2, -0.15) is 0 Å². The molecule has 218 valence electrons. The van der Waals surface area contributed by atoms with Crippen molar-refractivity contribution in [2.45, 2.75) is 169 Å². The van der Waals surface area contributed by atoms with Gasteiger partial charge in [-0.15, -0.1) is 0 Å². The van der Waals surface area contributed by atoms with Crippen molar-refractivity contribution in [3.63, 3.8) is 0 Å². The lowest BCUT2D eigenvalue weighted by molar-refractivity contribution is -0.139. The van der Waals surface area contributed by atoms with Gasteiger partial charge in [-0.3, -0.25) is 0 Å². The molecule has 37 heavy (non-hydrogen) atoms. The fourth-order valence-electron chi connectivity index (χ4n) is 4.04. The number of ether oxygens (including phenoxy) is 1. The van der Waals surface area contributed by atoms with E-state index < -0.39 is 5.97 Å². The van der Waals surface area contributed by atoms with Crippen molar-refractivity contribution in [3.8, 4) is 0 Å². The van der Waals surface area contributed by atoms with E-state index in [4.69, 9.17) is 9.84 Å². The summed E-state index contributed by atoms with van der Waals surface area (Å²) < 4.78 is 5.00. The maximum atomic E-state index is 11.1. The highest BCUT2D eigenvalue weighted by molar-refractivity contribution is 5.87. The van der Waals surface area contributed by atoms with Crippen molar-refractivity contribution in [2.75, 3.05) is 6.61 Å². The summed E-state index contributed by atoms with van der Waals surface area (Å²) in [6, 6.07) is 0. The minimum Gasteiger partial charge on any atom is -0.478 e. The second-order valence-electron chi connectivity index (χ2n) is 10.4. The van der Waals surface area contributed by atoms with E-state index in [2.05, 4.69) is 20.4 Å². The standard InChI is InChI=1S/C22H42O2.C11H20O2/c1-3-4-5-6-7-8-9-10-11-12-13-14-15-16-17-18-19-20-21(2)22(23)24;1-4-6-7-8-9-13-11(12)10(3)5-2/h20H,3-19H2,1-2H3,(H,23,24);3-9H2,1-2H3. The Balaban J connectivity index is 0. The summed E-state index contributed by atoms with van der Waals surface area (Å²) in [5.41, 5.74) is 1.05. The van der Waals surface area contributed by atoms with Crippen molar-refractivity contribution < 1.29 is 19.4 Å². The van der Waals surface area contributed by atoms with Crippen LogP contribution < -0.4 is 0 Å². The van der Waals surface area contributed by atoms with Gasteiger partial charge in [-0.05, 0) is 32.6 Å². The first kappa shape index (κ1) is 37.6. The third-order valence-corrected chi connectivity index (χ3v) is 6.79. The van der Waals surface area contributed by atoms with Crippen LogP contribution in [-0.4, -0.2) is 23.7 Å². The molecule has 0 aromatic rings. The molecule has 0 bridgehead atoms.